The number of rotatable bonds is 5. The van der Waals surface area contributed by atoms with Crippen LogP contribution in [0.1, 0.15) is 56.1 Å². The second-order valence-corrected chi connectivity index (χ2v) is 11.1. The second kappa shape index (κ2) is 7.60. The Morgan fingerprint density at radius 3 is 2.52 bits per heavy atom. The van der Waals surface area contributed by atoms with Crippen molar-refractivity contribution in [2.24, 2.45) is 23.2 Å². The van der Waals surface area contributed by atoms with Crippen LogP contribution in [0.2, 0.25) is 0 Å². The maximum Gasteiger partial charge on any atom is 0.237 e. The first-order valence-electron chi connectivity index (χ1n) is 12.4. The van der Waals surface area contributed by atoms with Crippen LogP contribution < -0.4 is 5.32 Å². The number of carbonyl (C=O) groups excluding carboxylic acids is 1. The van der Waals surface area contributed by atoms with Crippen molar-refractivity contribution < 1.29 is 4.79 Å². The molecule has 1 aromatic carbocycles. The highest BCUT2D eigenvalue weighted by atomic mass is 16.2. The number of amides is 1. The van der Waals surface area contributed by atoms with Gasteiger partial charge in [0.25, 0.3) is 0 Å². The van der Waals surface area contributed by atoms with E-state index in [1.165, 1.54) is 43.2 Å². The van der Waals surface area contributed by atoms with Gasteiger partial charge in [0, 0.05) is 32.2 Å². The number of carbonyl (C=O) groups is 1. The maximum atomic E-state index is 12.9. The molecule has 0 spiro atoms. The van der Waals surface area contributed by atoms with Gasteiger partial charge in [-0.05, 0) is 79.2 Å². The third-order valence-electron chi connectivity index (χ3n) is 9.10. The average molecular weight is 419 g/mol. The molecule has 6 aliphatic rings. The summed E-state index contributed by atoms with van der Waals surface area (Å²) in [7, 11) is 0. The van der Waals surface area contributed by atoms with Crippen LogP contribution in [0.25, 0.3) is 0 Å². The first-order valence-corrected chi connectivity index (χ1v) is 12.4. The molecule has 3 unspecified atom stereocenters. The molecule has 31 heavy (non-hydrogen) atoms. The Kier molecular flexibility index (Phi) is 4.85. The molecule has 7 rings (SSSR count). The van der Waals surface area contributed by atoms with Crippen LogP contribution in [-0.2, 0) is 17.9 Å². The molecular formula is C26H34N4O. The van der Waals surface area contributed by atoms with E-state index in [1.54, 1.807) is 0 Å². The standard InChI is InChI=1S/C26H34N4O/c27-13-23-6-3-7-30(23)24(31)14-28-25-22-9-18-8-19(10-22)12-26(25,11-18)17-29-15-20-4-1-2-5-21(20)16-29/h1-2,4-5,18-19,22-23,25,28H,3,6-12,14-17H2/t18?,19?,22?,23-,25?,26?/m0/s1. The molecule has 1 amide bonds. The lowest BCUT2D eigenvalue weighted by molar-refractivity contribution is -0.132. The Morgan fingerprint density at radius 1 is 1.13 bits per heavy atom. The van der Waals surface area contributed by atoms with Crippen molar-refractivity contribution in [2.75, 3.05) is 19.6 Å². The van der Waals surface area contributed by atoms with Gasteiger partial charge in [-0.2, -0.15) is 5.26 Å². The Morgan fingerprint density at radius 2 is 1.84 bits per heavy atom. The lowest BCUT2D eigenvalue weighted by Crippen LogP contribution is -2.64. The van der Waals surface area contributed by atoms with Crippen LogP contribution in [-0.4, -0.2) is 47.4 Å². The van der Waals surface area contributed by atoms with Crippen LogP contribution in [0, 0.1) is 34.5 Å². The number of hydrogen-bond acceptors (Lipinski definition) is 4. The molecule has 4 saturated carbocycles. The number of nitriles is 1. The summed E-state index contributed by atoms with van der Waals surface area (Å²) in [5.74, 6) is 2.62. The first kappa shape index (κ1) is 19.8. The fourth-order valence-corrected chi connectivity index (χ4v) is 8.28. The quantitative estimate of drug-likeness (QED) is 0.797. The van der Waals surface area contributed by atoms with Crippen molar-refractivity contribution in [3.05, 3.63) is 35.4 Å². The van der Waals surface area contributed by atoms with Crippen LogP contribution in [0.15, 0.2) is 24.3 Å². The number of nitrogens with one attached hydrogen (secondary N) is 1. The molecule has 1 saturated heterocycles. The largest absolute Gasteiger partial charge is 0.326 e. The summed E-state index contributed by atoms with van der Waals surface area (Å²) in [4.78, 5) is 17.4. The predicted octanol–water partition coefficient (Wildman–Crippen LogP) is 3.30. The van der Waals surface area contributed by atoms with E-state index in [0.717, 1.165) is 56.8 Å². The fraction of sp³-hybridized carbons (Fsp3) is 0.692. The Labute approximate surface area is 185 Å². The molecule has 0 aromatic heterocycles. The van der Waals surface area contributed by atoms with Gasteiger partial charge in [0.15, 0.2) is 0 Å². The number of fused-ring (bicyclic) bond motifs is 1. The molecule has 0 radical (unpaired) electrons. The summed E-state index contributed by atoms with van der Waals surface area (Å²) in [5, 5.41) is 13.2. The SMILES string of the molecule is N#C[C@@H]1CCCN1C(=O)CNC1C2CC3CC(C2)CC1(CN1Cc2ccccc2C1)C3. The van der Waals surface area contributed by atoms with Crippen LogP contribution in [0.4, 0.5) is 0 Å². The lowest BCUT2D eigenvalue weighted by Gasteiger charge is -2.62. The van der Waals surface area contributed by atoms with Gasteiger partial charge in [-0.25, -0.2) is 0 Å². The minimum absolute atomic E-state index is 0.126. The highest BCUT2D eigenvalue weighted by molar-refractivity contribution is 5.79. The van der Waals surface area contributed by atoms with Gasteiger partial charge in [0.05, 0.1) is 12.6 Å². The minimum Gasteiger partial charge on any atom is -0.326 e. The zero-order chi connectivity index (χ0) is 21.0. The molecule has 5 nitrogen and oxygen atoms in total. The van der Waals surface area contributed by atoms with Gasteiger partial charge in [0.1, 0.15) is 6.04 Å². The molecule has 5 fully saturated rings. The van der Waals surface area contributed by atoms with Crippen molar-refractivity contribution in [3.63, 3.8) is 0 Å². The molecular weight excluding hydrogens is 384 g/mol. The Bertz CT molecular complexity index is 868. The third kappa shape index (κ3) is 3.39. The van der Waals surface area contributed by atoms with Gasteiger partial charge in [-0.15, -0.1) is 0 Å². The number of likely N-dealkylation sites (tertiary alicyclic amines) is 1. The van der Waals surface area contributed by atoms with Gasteiger partial charge >= 0.3 is 0 Å². The number of benzene rings is 1. The van der Waals surface area contributed by atoms with Crippen LogP contribution in [0.5, 0.6) is 0 Å². The van der Waals surface area contributed by atoms with Gasteiger partial charge < -0.3 is 10.2 Å². The summed E-state index contributed by atoms with van der Waals surface area (Å²) < 4.78 is 0. The van der Waals surface area contributed by atoms with E-state index in [9.17, 15) is 10.1 Å². The zero-order valence-electron chi connectivity index (χ0n) is 18.4. The summed E-state index contributed by atoms with van der Waals surface area (Å²) in [6.45, 7) is 4.44. The molecule has 1 N–H and O–H groups in total. The highest BCUT2D eigenvalue weighted by Gasteiger charge is 2.57. The Balaban J connectivity index is 1.18. The van der Waals surface area contributed by atoms with Crippen molar-refractivity contribution in [1.82, 2.24) is 15.1 Å². The lowest BCUT2D eigenvalue weighted by atomic mass is 9.47. The van der Waals surface area contributed by atoms with Gasteiger partial charge in [-0.3, -0.25) is 9.69 Å². The number of hydrogen-bond donors (Lipinski definition) is 1. The van der Waals surface area contributed by atoms with E-state index >= 15 is 0 Å². The second-order valence-electron chi connectivity index (χ2n) is 11.1. The third-order valence-corrected chi connectivity index (χ3v) is 9.10. The van der Waals surface area contributed by atoms with Gasteiger partial charge in [-0.1, -0.05) is 24.3 Å². The smallest absolute Gasteiger partial charge is 0.237 e. The topological polar surface area (TPSA) is 59.4 Å². The summed E-state index contributed by atoms with van der Waals surface area (Å²) >= 11 is 0. The zero-order valence-corrected chi connectivity index (χ0v) is 18.4. The maximum absolute atomic E-state index is 12.9. The molecule has 5 heteroatoms. The summed E-state index contributed by atoms with van der Waals surface area (Å²) in [5.41, 5.74) is 3.28. The molecule has 4 aliphatic carbocycles. The predicted molar refractivity (Wildman–Crippen MR) is 119 cm³/mol. The normalized spacial score (nSPS) is 38.4. The Hall–Kier alpha value is -1.90. The van der Waals surface area contributed by atoms with E-state index in [1.807, 2.05) is 4.90 Å². The molecule has 4 bridgehead atoms. The molecule has 2 aliphatic heterocycles. The van der Waals surface area contributed by atoms with Crippen LogP contribution in [0.3, 0.4) is 0 Å². The van der Waals surface area contributed by atoms with E-state index in [2.05, 4.69) is 40.6 Å². The van der Waals surface area contributed by atoms with Gasteiger partial charge in [0.2, 0.25) is 5.91 Å². The van der Waals surface area contributed by atoms with E-state index < -0.39 is 0 Å². The van der Waals surface area contributed by atoms with E-state index in [-0.39, 0.29) is 11.9 Å². The van der Waals surface area contributed by atoms with Crippen molar-refractivity contribution in [1.29, 1.82) is 5.26 Å². The number of nitrogens with zero attached hydrogens (tertiary/aromatic N) is 3. The summed E-state index contributed by atoms with van der Waals surface area (Å²) in [6, 6.07) is 11.4. The fourth-order valence-electron chi connectivity index (χ4n) is 8.28. The summed E-state index contributed by atoms with van der Waals surface area (Å²) in [6.07, 6.45) is 8.55. The van der Waals surface area contributed by atoms with E-state index in [0.29, 0.717) is 18.0 Å². The van der Waals surface area contributed by atoms with Crippen molar-refractivity contribution in [3.8, 4) is 6.07 Å². The molecule has 4 atom stereocenters. The van der Waals surface area contributed by atoms with Crippen molar-refractivity contribution >= 4 is 5.91 Å². The monoisotopic (exact) mass is 418 g/mol. The average Bonchev–Trinajstić information content (AvgIpc) is 3.38. The molecule has 2 heterocycles. The van der Waals surface area contributed by atoms with Crippen molar-refractivity contribution in [2.45, 2.75) is 70.1 Å². The molecule has 1 aromatic rings. The highest BCUT2D eigenvalue weighted by Crippen LogP contribution is 2.60. The molecule has 164 valence electrons. The van der Waals surface area contributed by atoms with E-state index in [4.69, 9.17) is 0 Å². The minimum atomic E-state index is -0.218. The van der Waals surface area contributed by atoms with Crippen LogP contribution >= 0.6 is 0 Å². The first-order chi connectivity index (χ1) is 15.1.